The highest BCUT2D eigenvalue weighted by molar-refractivity contribution is 5.89. The van der Waals surface area contributed by atoms with Crippen molar-refractivity contribution in [3.63, 3.8) is 0 Å². The van der Waals surface area contributed by atoms with E-state index in [4.69, 9.17) is 28.4 Å². The van der Waals surface area contributed by atoms with Gasteiger partial charge >= 0.3 is 23.9 Å². The van der Waals surface area contributed by atoms with Crippen molar-refractivity contribution in [2.24, 2.45) is 17.3 Å². The van der Waals surface area contributed by atoms with Gasteiger partial charge in [0.1, 0.15) is 29.8 Å². The van der Waals surface area contributed by atoms with Crippen molar-refractivity contribution in [2.45, 2.75) is 110 Å². The minimum atomic E-state index is -1.48. The summed E-state index contributed by atoms with van der Waals surface area (Å²) in [5.41, 5.74) is -3.11. The van der Waals surface area contributed by atoms with Gasteiger partial charge in [0, 0.05) is 33.3 Å². The van der Waals surface area contributed by atoms with Crippen molar-refractivity contribution in [1.82, 2.24) is 0 Å². The minimum absolute atomic E-state index is 0.209. The van der Waals surface area contributed by atoms with Crippen molar-refractivity contribution < 1.29 is 47.6 Å². The molecule has 10 heteroatoms. The lowest BCUT2D eigenvalue weighted by Gasteiger charge is -2.63. The molecule has 1 spiro atoms. The van der Waals surface area contributed by atoms with E-state index in [0.717, 1.165) is 12.8 Å². The highest BCUT2D eigenvalue weighted by Gasteiger charge is 2.82. The number of rotatable bonds is 10. The molecule has 4 rings (SSSR count). The summed E-state index contributed by atoms with van der Waals surface area (Å²) >= 11 is 0. The first kappa shape index (κ1) is 31.9. The summed E-state index contributed by atoms with van der Waals surface area (Å²) in [6.45, 7) is 12.0. The van der Waals surface area contributed by atoms with Crippen LogP contribution in [0.25, 0.3) is 0 Å². The molecule has 2 aliphatic carbocycles. The van der Waals surface area contributed by atoms with E-state index in [-0.39, 0.29) is 31.3 Å². The van der Waals surface area contributed by atoms with Gasteiger partial charge in [0.05, 0.1) is 17.3 Å². The molecule has 1 heterocycles. The van der Waals surface area contributed by atoms with Crippen LogP contribution in [0.15, 0.2) is 30.3 Å². The number of fused-ring (bicyclic) bond motifs is 1. The molecule has 3 aliphatic rings. The van der Waals surface area contributed by atoms with Crippen molar-refractivity contribution in [3.05, 3.63) is 35.9 Å². The monoisotopic (exact) mass is 588 g/mol. The van der Waals surface area contributed by atoms with Gasteiger partial charge in [-0.05, 0) is 51.2 Å². The molecule has 8 atom stereocenters. The molecular weight excluding hydrogens is 544 g/mol. The normalized spacial score (nSPS) is 34.5. The van der Waals surface area contributed by atoms with Crippen LogP contribution in [0, 0.1) is 17.3 Å². The van der Waals surface area contributed by atoms with Crippen LogP contribution >= 0.6 is 0 Å². The zero-order chi connectivity index (χ0) is 30.9. The highest BCUT2D eigenvalue weighted by Crippen LogP contribution is 2.68. The maximum Gasteiger partial charge on any atom is 0.338 e. The molecular formula is C32H44O10. The van der Waals surface area contributed by atoms with E-state index < -0.39 is 64.9 Å². The number of hydrogen-bond donors (Lipinski definition) is 0. The zero-order valence-corrected chi connectivity index (χ0v) is 25.7. The number of esters is 4. The summed E-state index contributed by atoms with van der Waals surface area (Å²) in [7, 11) is 0. The number of carbonyl (C=O) groups is 4. The lowest BCUT2D eigenvalue weighted by atomic mass is 9.47. The SMILES string of the molecule is CCCCO[C@@H]1[C@H]2C[C@H](OC(=O)c3ccccc3)[C@]3(COC(C)=O)[C@@H](OC(C)=O)[C@@H](OC(C)=O)C[C@@H](C)[C@@]13OC2(C)C. The molecule has 0 N–H and O–H groups in total. The quantitative estimate of drug-likeness (QED) is 0.220. The lowest BCUT2D eigenvalue weighted by Crippen LogP contribution is -2.78. The first-order valence-electron chi connectivity index (χ1n) is 14.9. The molecule has 10 nitrogen and oxygen atoms in total. The molecule has 0 unspecified atom stereocenters. The van der Waals surface area contributed by atoms with Gasteiger partial charge in [0.15, 0.2) is 6.10 Å². The van der Waals surface area contributed by atoms with Crippen molar-refractivity contribution in [2.75, 3.05) is 13.2 Å². The fraction of sp³-hybridized carbons (Fsp3) is 0.688. The minimum Gasteiger partial charge on any atom is -0.465 e. The maximum atomic E-state index is 13.6. The molecule has 0 radical (unpaired) electrons. The van der Waals surface area contributed by atoms with Crippen molar-refractivity contribution in [3.8, 4) is 0 Å². The lowest BCUT2D eigenvalue weighted by molar-refractivity contribution is -0.322. The molecule has 1 aromatic rings. The fourth-order valence-corrected chi connectivity index (χ4v) is 7.63. The Morgan fingerprint density at radius 2 is 1.57 bits per heavy atom. The van der Waals surface area contributed by atoms with Gasteiger partial charge in [0.2, 0.25) is 0 Å². The third-order valence-electron chi connectivity index (χ3n) is 9.23. The predicted molar refractivity (Wildman–Crippen MR) is 150 cm³/mol. The van der Waals surface area contributed by atoms with Gasteiger partial charge in [0.25, 0.3) is 0 Å². The standard InChI is InChI=1S/C32H44O10/c1-8-9-15-37-27-24-17-26(41-29(36)23-13-11-10-12-14-23)31(18-38-20(3)33)28(40-22(5)35)25(39-21(4)34)16-19(2)32(27,31)42-30(24,6)7/h10-14,19,24-28H,8-9,15-18H2,1-7H3/t19-,24-,25+,26+,27-,28+,31-,32-/m1/s1. The largest absolute Gasteiger partial charge is 0.465 e. The highest BCUT2D eigenvalue weighted by atomic mass is 16.6. The first-order valence-corrected chi connectivity index (χ1v) is 14.9. The Hall–Kier alpha value is -2.98. The Morgan fingerprint density at radius 1 is 0.905 bits per heavy atom. The van der Waals surface area contributed by atoms with Gasteiger partial charge < -0.3 is 28.4 Å². The Balaban J connectivity index is 1.98. The molecule has 3 fully saturated rings. The topological polar surface area (TPSA) is 124 Å². The summed E-state index contributed by atoms with van der Waals surface area (Å²) in [5.74, 6) is -2.89. The second kappa shape index (κ2) is 12.3. The van der Waals surface area contributed by atoms with E-state index in [9.17, 15) is 19.2 Å². The Morgan fingerprint density at radius 3 is 2.17 bits per heavy atom. The molecule has 42 heavy (non-hydrogen) atoms. The van der Waals surface area contributed by atoms with Crippen LogP contribution in [0.5, 0.6) is 0 Å². The summed E-state index contributed by atoms with van der Waals surface area (Å²) < 4.78 is 37.7. The summed E-state index contributed by atoms with van der Waals surface area (Å²) in [6.07, 6.45) is -1.24. The van der Waals surface area contributed by atoms with Crippen molar-refractivity contribution in [1.29, 1.82) is 0 Å². The Labute approximate surface area is 247 Å². The van der Waals surface area contributed by atoms with E-state index in [0.29, 0.717) is 12.2 Å². The van der Waals surface area contributed by atoms with Crippen LogP contribution in [-0.2, 0) is 42.8 Å². The van der Waals surface area contributed by atoms with Crippen LogP contribution in [0.2, 0.25) is 0 Å². The van der Waals surface area contributed by atoms with E-state index >= 15 is 0 Å². The Kier molecular flexibility index (Phi) is 9.37. The van der Waals surface area contributed by atoms with E-state index in [2.05, 4.69) is 6.92 Å². The summed E-state index contributed by atoms with van der Waals surface area (Å²) in [4.78, 5) is 51.1. The predicted octanol–water partition coefficient (Wildman–Crippen LogP) is 4.42. The molecule has 0 aromatic heterocycles. The van der Waals surface area contributed by atoms with Gasteiger partial charge in [-0.1, -0.05) is 38.5 Å². The average molecular weight is 589 g/mol. The van der Waals surface area contributed by atoms with E-state index in [1.165, 1.54) is 20.8 Å². The van der Waals surface area contributed by atoms with Crippen LogP contribution in [0.3, 0.4) is 0 Å². The van der Waals surface area contributed by atoms with Crippen LogP contribution in [0.1, 0.15) is 84.5 Å². The van der Waals surface area contributed by atoms with Gasteiger partial charge in [-0.2, -0.15) is 0 Å². The summed E-state index contributed by atoms with van der Waals surface area (Å²) in [6, 6.07) is 8.58. The smallest absolute Gasteiger partial charge is 0.338 e. The van der Waals surface area contributed by atoms with Gasteiger partial charge in [-0.25, -0.2) is 4.79 Å². The molecule has 232 valence electrons. The summed E-state index contributed by atoms with van der Waals surface area (Å²) in [5, 5.41) is 0. The third kappa shape index (κ3) is 5.55. The molecule has 1 aliphatic heterocycles. The number of unbranched alkanes of at least 4 members (excludes halogenated alkanes) is 1. The molecule has 0 amide bonds. The molecule has 2 saturated carbocycles. The van der Waals surface area contributed by atoms with Crippen LogP contribution in [0.4, 0.5) is 0 Å². The number of hydrogen-bond acceptors (Lipinski definition) is 10. The molecule has 2 bridgehead atoms. The second-order valence-electron chi connectivity index (χ2n) is 12.4. The first-order chi connectivity index (χ1) is 19.8. The maximum absolute atomic E-state index is 13.6. The number of benzene rings is 1. The van der Waals surface area contributed by atoms with Crippen molar-refractivity contribution >= 4 is 23.9 Å². The zero-order valence-electron chi connectivity index (χ0n) is 25.7. The third-order valence-corrected chi connectivity index (χ3v) is 9.23. The molecule has 1 aromatic carbocycles. The van der Waals surface area contributed by atoms with Crippen LogP contribution < -0.4 is 0 Å². The van der Waals surface area contributed by atoms with E-state index in [1.807, 2.05) is 20.8 Å². The van der Waals surface area contributed by atoms with Crippen LogP contribution in [-0.4, -0.2) is 72.7 Å². The number of carbonyl (C=O) groups excluding carboxylic acids is 4. The second-order valence-corrected chi connectivity index (χ2v) is 12.4. The fourth-order valence-electron chi connectivity index (χ4n) is 7.63. The average Bonchev–Trinajstić information content (AvgIpc) is 3.08. The Bertz CT molecular complexity index is 1170. The number of ether oxygens (including phenoxy) is 6. The van der Waals surface area contributed by atoms with E-state index in [1.54, 1.807) is 30.3 Å². The van der Waals surface area contributed by atoms with Gasteiger partial charge in [-0.3, -0.25) is 14.4 Å². The molecule has 1 saturated heterocycles. The van der Waals surface area contributed by atoms with Gasteiger partial charge in [-0.15, -0.1) is 0 Å².